The van der Waals surface area contributed by atoms with Crippen molar-refractivity contribution in [3.63, 3.8) is 0 Å². The summed E-state index contributed by atoms with van der Waals surface area (Å²) in [7, 11) is 1.40. The van der Waals surface area contributed by atoms with E-state index >= 15 is 0 Å². The summed E-state index contributed by atoms with van der Waals surface area (Å²) in [6.07, 6.45) is 2.21. The van der Waals surface area contributed by atoms with Crippen LogP contribution >= 0.6 is 0 Å². The first-order valence-electron chi connectivity index (χ1n) is 6.60. The maximum Gasteiger partial charge on any atom is 0.337 e. The molecule has 0 fully saturated rings. The van der Waals surface area contributed by atoms with Crippen LogP contribution in [0.15, 0.2) is 24.3 Å². The van der Waals surface area contributed by atoms with Crippen molar-refractivity contribution >= 4 is 5.97 Å². The number of nitrogens with zero attached hydrogens (tertiary/aromatic N) is 1. The molecule has 3 nitrogen and oxygen atoms in total. The molecule has 0 N–H and O–H groups in total. The lowest BCUT2D eigenvalue weighted by molar-refractivity contribution is 0.0600. The van der Waals surface area contributed by atoms with E-state index in [0.29, 0.717) is 5.56 Å². The second kappa shape index (κ2) is 7.88. The maximum atomic E-state index is 11.3. The highest BCUT2D eigenvalue weighted by Crippen LogP contribution is 2.08. The van der Waals surface area contributed by atoms with E-state index in [9.17, 15) is 4.79 Å². The van der Waals surface area contributed by atoms with Gasteiger partial charge in [0.25, 0.3) is 0 Å². The summed E-state index contributed by atoms with van der Waals surface area (Å²) < 4.78 is 4.67. The summed E-state index contributed by atoms with van der Waals surface area (Å²) in [4.78, 5) is 13.7. The van der Waals surface area contributed by atoms with Gasteiger partial charge in [-0.1, -0.05) is 26.0 Å². The zero-order valence-electron chi connectivity index (χ0n) is 11.6. The minimum atomic E-state index is -0.273. The molecule has 1 rings (SSSR count). The highest BCUT2D eigenvalue weighted by molar-refractivity contribution is 5.89. The molecule has 0 bridgehead atoms. The summed E-state index contributed by atoms with van der Waals surface area (Å²) in [5, 5.41) is 0. The highest BCUT2D eigenvalue weighted by Gasteiger charge is 2.04. The molecule has 0 saturated carbocycles. The van der Waals surface area contributed by atoms with Gasteiger partial charge in [-0.15, -0.1) is 0 Å². The van der Waals surface area contributed by atoms with E-state index in [4.69, 9.17) is 0 Å². The Morgan fingerprint density at radius 1 is 1.17 bits per heavy atom. The summed E-state index contributed by atoms with van der Waals surface area (Å²) in [5.41, 5.74) is 1.89. The molecule has 100 valence electrons. The molecule has 0 unspecified atom stereocenters. The molecule has 0 saturated heterocycles. The number of esters is 1. The van der Waals surface area contributed by atoms with Crippen LogP contribution in [0.5, 0.6) is 0 Å². The predicted molar refractivity (Wildman–Crippen MR) is 73.9 cm³/mol. The summed E-state index contributed by atoms with van der Waals surface area (Å²) in [5.74, 6) is -0.273. The molecule has 0 aliphatic rings. The lowest BCUT2D eigenvalue weighted by Crippen LogP contribution is -2.24. The van der Waals surface area contributed by atoms with Crippen LogP contribution in [0.1, 0.15) is 36.2 Å². The number of carbonyl (C=O) groups excluding carboxylic acids is 1. The highest BCUT2D eigenvalue weighted by atomic mass is 16.5. The van der Waals surface area contributed by atoms with Gasteiger partial charge in [0, 0.05) is 0 Å². The Morgan fingerprint density at radius 3 is 2.28 bits per heavy atom. The van der Waals surface area contributed by atoms with Crippen molar-refractivity contribution < 1.29 is 9.53 Å². The first kappa shape index (κ1) is 14.7. The van der Waals surface area contributed by atoms with E-state index < -0.39 is 0 Å². The van der Waals surface area contributed by atoms with E-state index in [2.05, 4.69) is 23.5 Å². The third kappa shape index (κ3) is 4.49. The normalized spacial score (nSPS) is 10.7. The van der Waals surface area contributed by atoms with Gasteiger partial charge in [-0.2, -0.15) is 0 Å². The Labute approximate surface area is 110 Å². The van der Waals surface area contributed by atoms with Gasteiger partial charge in [-0.25, -0.2) is 4.79 Å². The molecule has 1 aromatic carbocycles. The molecule has 0 aliphatic carbocycles. The fraction of sp³-hybridized carbons (Fsp3) is 0.533. The Balaban J connectivity index is 2.42. The van der Waals surface area contributed by atoms with Crippen molar-refractivity contribution in [3.05, 3.63) is 35.4 Å². The van der Waals surface area contributed by atoms with Gasteiger partial charge in [0.1, 0.15) is 0 Å². The van der Waals surface area contributed by atoms with Gasteiger partial charge in [-0.05, 0) is 50.2 Å². The predicted octanol–water partition coefficient (Wildman–Crippen LogP) is 2.75. The first-order valence-corrected chi connectivity index (χ1v) is 6.60. The minimum absolute atomic E-state index is 0.273. The van der Waals surface area contributed by atoms with Crippen LogP contribution in [0.3, 0.4) is 0 Å². The number of methoxy groups -OCH3 is 1. The Kier molecular flexibility index (Phi) is 6.44. The van der Waals surface area contributed by atoms with Crippen molar-refractivity contribution in [2.24, 2.45) is 0 Å². The number of hydrogen-bond acceptors (Lipinski definition) is 3. The molecular formula is C15H23NO2. The van der Waals surface area contributed by atoms with Crippen molar-refractivity contribution in [1.29, 1.82) is 0 Å². The van der Waals surface area contributed by atoms with Gasteiger partial charge < -0.3 is 9.64 Å². The zero-order chi connectivity index (χ0) is 13.4. The number of benzene rings is 1. The van der Waals surface area contributed by atoms with Crippen molar-refractivity contribution in [2.45, 2.75) is 26.7 Å². The number of rotatable bonds is 7. The molecule has 0 radical (unpaired) electrons. The van der Waals surface area contributed by atoms with E-state index in [1.54, 1.807) is 0 Å². The number of ether oxygens (including phenoxy) is 1. The summed E-state index contributed by atoms with van der Waals surface area (Å²) in [6, 6.07) is 7.68. The molecule has 18 heavy (non-hydrogen) atoms. The lowest BCUT2D eigenvalue weighted by atomic mass is 10.1. The fourth-order valence-electron chi connectivity index (χ4n) is 1.97. The molecule has 0 amide bonds. The standard InChI is InChI=1S/C15H23NO2/c1-4-16(5-2)12-6-7-13-8-10-14(11-9-13)15(17)18-3/h8-11H,4-7,12H2,1-3H3. The van der Waals surface area contributed by atoms with Crippen LogP contribution in [0, 0.1) is 0 Å². The van der Waals surface area contributed by atoms with Crippen molar-refractivity contribution in [1.82, 2.24) is 4.90 Å². The fourth-order valence-corrected chi connectivity index (χ4v) is 1.97. The Bertz CT molecular complexity index is 355. The van der Waals surface area contributed by atoms with Crippen LogP contribution in [0.25, 0.3) is 0 Å². The van der Waals surface area contributed by atoms with Crippen LogP contribution in [-0.2, 0) is 11.2 Å². The van der Waals surface area contributed by atoms with E-state index in [0.717, 1.165) is 32.5 Å². The van der Waals surface area contributed by atoms with Crippen LogP contribution in [0.2, 0.25) is 0 Å². The van der Waals surface area contributed by atoms with Gasteiger partial charge in [0.2, 0.25) is 0 Å². The van der Waals surface area contributed by atoms with Crippen LogP contribution in [0.4, 0.5) is 0 Å². The molecule has 0 heterocycles. The monoisotopic (exact) mass is 249 g/mol. The Morgan fingerprint density at radius 2 is 1.78 bits per heavy atom. The van der Waals surface area contributed by atoms with Crippen molar-refractivity contribution in [3.8, 4) is 0 Å². The SMILES string of the molecule is CCN(CC)CCCc1ccc(C(=O)OC)cc1. The quantitative estimate of drug-likeness (QED) is 0.696. The minimum Gasteiger partial charge on any atom is -0.465 e. The second-order valence-electron chi connectivity index (χ2n) is 4.32. The summed E-state index contributed by atoms with van der Waals surface area (Å²) in [6.45, 7) is 7.73. The summed E-state index contributed by atoms with van der Waals surface area (Å²) >= 11 is 0. The van der Waals surface area contributed by atoms with E-state index in [-0.39, 0.29) is 5.97 Å². The first-order chi connectivity index (χ1) is 8.71. The molecule has 0 aliphatic heterocycles. The largest absolute Gasteiger partial charge is 0.465 e. The number of hydrogen-bond donors (Lipinski definition) is 0. The molecular weight excluding hydrogens is 226 g/mol. The molecule has 1 aromatic rings. The number of carbonyl (C=O) groups is 1. The average molecular weight is 249 g/mol. The average Bonchev–Trinajstić information content (AvgIpc) is 2.43. The zero-order valence-corrected chi connectivity index (χ0v) is 11.6. The van der Waals surface area contributed by atoms with E-state index in [1.165, 1.54) is 12.7 Å². The molecule has 3 heteroatoms. The Hall–Kier alpha value is -1.35. The third-order valence-electron chi connectivity index (χ3n) is 3.21. The molecule has 0 aromatic heterocycles. The van der Waals surface area contributed by atoms with Gasteiger partial charge in [0.05, 0.1) is 12.7 Å². The molecule has 0 atom stereocenters. The second-order valence-corrected chi connectivity index (χ2v) is 4.32. The topological polar surface area (TPSA) is 29.5 Å². The number of aryl methyl sites for hydroxylation is 1. The smallest absolute Gasteiger partial charge is 0.337 e. The molecule has 0 spiro atoms. The lowest BCUT2D eigenvalue weighted by Gasteiger charge is -2.17. The van der Waals surface area contributed by atoms with Gasteiger partial charge in [-0.3, -0.25) is 0 Å². The third-order valence-corrected chi connectivity index (χ3v) is 3.21. The van der Waals surface area contributed by atoms with Crippen LogP contribution < -0.4 is 0 Å². The van der Waals surface area contributed by atoms with Crippen LogP contribution in [-0.4, -0.2) is 37.6 Å². The van der Waals surface area contributed by atoms with E-state index in [1.807, 2.05) is 24.3 Å². The van der Waals surface area contributed by atoms with Gasteiger partial charge in [0.15, 0.2) is 0 Å². The maximum absolute atomic E-state index is 11.3. The van der Waals surface area contributed by atoms with Gasteiger partial charge >= 0.3 is 5.97 Å². The van der Waals surface area contributed by atoms with Crippen molar-refractivity contribution in [2.75, 3.05) is 26.7 Å².